The lowest BCUT2D eigenvalue weighted by Crippen LogP contribution is -2.33. The van der Waals surface area contributed by atoms with E-state index in [9.17, 15) is 0 Å². The van der Waals surface area contributed by atoms with Crippen molar-refractivity contribution in [2.45, 2.75) is 31.7 Å². The first-order valence-electron chi connectivity index (χ1n) is 4.01. The molecule has 10 heavy (non-hydrogen) atoms. The van der Waals surface area contributed by atoms with Crippen LogP contribution in [0.15, 0.2) is 0 Å². The van der Waals surface area contributed by atoms with E-state index in [-0.39, 0.29) is 0 Å². The molecule has 0 fully saturated rings. The van der Waals surface area contributed by atoms with E-state index < -0.39 is 0 Å². The highest BCUT2D eigenvalue weighted by Gasteiger charge is 2.14. The molecule has 1 nitrogen and oxygen atoms in total. The third-order valence-corrected chi connectivity index (χ3v) is 3.94. The maximum absolute atomic E-state index is 2.52. The Balaban J connectivity index is 3.76. The van der Waals surface area contributed by atoms with Gasteiger partial charge in [0.2, 0.25) is 0 Å². The van der Waals surface area contributed by atoms with E-state index >= 15 is 0 Å². The number of rotatable bonds is 4. The van der Waals surface area contributed by atoms with Gasteiger partial charge in [-0.25, -0.2) is 0 Å². The molecule has 0 amide bonds. The summed E-state index contributed by atoms with van der Waals surface area (Å²) in [6, 6.07) is 0. The van der Waals surface area contributed by atoms with Gasteiger partial charge in [0.25, 0.3) is 0 Å². The Morgan fingerprint density at radius 2 is 1.60 bits per heavy atom. The Hall–Kier alpha value is 0.690. The van der Waals surface area contributed by atoms with Gasteiger partial charge in [0.15, 0.2) is 0 Å². The predicted molar refractivity (Wildman–Crippen MR) is 55.6 cm³/mol. The monoisotopic (exact) mass is 255 g/mol. The van der Waals surface area contributed by atoms with Gasteiger partial charge in [-0.15, -0.1) is 0 Å². The van der Waals surface area contributed by atoms with Gasteiger partial charge in [-0.2, -0.15) is 0 Å². The number of alkyl halides is 1. The number of halogens is 1. The molecule has 0 aliphatic carbocycles. The third kappa shape index (κ3) is 3.19. The van der Waals surface area contributed by atoms with Crippen LogP contribution in [0.2, 0.25) is 0 Å². The summed E-state index contributed by atoms with van der Waals surface area (Å²) in [7, 11) is 0. The van der Waals surface area contributed by atoms with Crippen molar-refractivity contribution >= 4 is 22.6 Å². The fourth-order valence-corrected chi connectivity index (χ4v) is 1.78. The van der Waals surface area contributed by atoms with Crippen molar-refractivity contribution in [1.82, 2.24) is 4.90 Å². The quantitative estimate of drug-likeness (QED) is 0.424. The minimum absolute atomic E-state index is 0.701. The maximum Gasteiger partial charge on any atom is 0.0641 e. The normalized spacial score (nSPS) is 14.7. The molecule has 0 saturated carbocycles. The third-order valence-electron chi connectivity index (χ3n) is 1.71. The Labute approximate surface area is 78.3 Å². The predicted octanol–water partition coefficient (Wildman–Crippen LogP) is 2.75. The van der Waals surface area contributed by atoms with Gasteiger partial charge >= 0.3 is 0 Å². The summed E-state index contributed by atoms with van der Waals surface area (Å²) < 4.78 is 0.701. The second kappa shape index (κ2) is 5.35. The van der Waals surface area contributed by atoms with E-state index in [2.05, 4.69) is 55.2 Å². The van der Waals surface area contributed by atoms with Crippen LogP contribution >= 0.6 is 22.6 Å². The summed E-state index contributed by atoms with van der Waals surface area (Å²) in [5.74, 6) is 0.764. The molecule has 0 heterocycles. The molecule has 1 unspecified atom stereocenters. The molecule has 0 aromatic heterocycles. The van der Waals surface area contributed by atoms with Crippen LogP contribution in [-0.2, 0) is 0 Å². The highest BCUT2D eigenvalue weighted by Crippen LogP contribution is 2.16. The highest BCUT2D eigenvalue weighted by molar-refractivity contribution is 14.1. The summed E-state index contributed by atoms with van der Waals surface area (Å²) >= 11 is 2.52. The molecule has 2 heteroatoms. The highest BCUT2D eigenvalue weighted by atomic mass is 127. The topological polar surface area (TPSA) is 3.24 Å². The van der Waals surface area contributed by atoms with Crippen LogP contribution in [0.1, 0.15) is 27.7 Å². The van der Waals surface area contributed by atoms with Crippen LogP contribution in [0, 0.1) is 5.92 Å². The van der Waals surface area contributed by atoms with E-state index in [1.54, 1.807) is 0 Å². The lowest BCUT2D eigenvalue weighted by atomic mass is 10.2. The molecule has 1 atom stereocenters. The van der Waals surface area contributed by atoms with Gasteiger partial charge in [-0.3, -0.25) is 4.90 Å². The lowest BCUT2D eigenvalue weighted by Gasteiger charge is -2.27. The van der Waals surface area contributed by atoms with E-state index in [1.165, 1.54) is 13.1 Å². The van der Waals surface area contributed by atoms with Crippen molar-refractivity contribution in [3.05, 3.63) is 0 Å². The van der Waals surface area contributed by atoms with E-state index in [1.807, 2.05) is 0 Å². The average molecular weight is 255 g/mol. The minimum atomic E-state index is 0.701. The number of hydrogen-bond donors (Lipinski definition) is 0. The zero-order chi connectivity index (χ0) is 8.15. The van der Waals surface area contributed by atoms with Crippen molar-refractivity contribution in [2.24, 2.45) is 5.92 Å². The molecule has 0 radical (unpaired) electrons. The fraction of sp³-hybridized carbons (Fsp3) is 1.00. The van der Waals surface area contributed by atoms with Gasteiger partial charge < -0.3 is 0 Å². The van der Waals surface area contributed by atoms with Crippen molar-refractivity contribution < 1.29 is 0 Å². The summed E-state index contributed by atoms with van der Waals surface area (Å²) in [5, 5.41) is 0. The van der Waals surface area contributed by atoms with E-state index in [0.717, 1.165) is 5.92 Å². The van der Waals surface area contributed by atoms with Gasteiger partial charge in [0, 0.05) is 0 Å². The molecule has 0 N–H and O–H groups in total. The van der Waals surface area contributed by atoms with Crippen LogP contribution < -0.4 is 0 Å². The van der Waals surface area contributed by atoms with E-state index in [0.29, 0.717) is 4.05 Å². The fourth-order valence-electron chi connectivity index (χ4n) is 0.994. The lowest BCUT2D eigenvalue weighted by molar-refractivity contribution is 0.254. The van der Waals surface area contributed by atoms with Crippen molar-refractivity contribution in [3.63, 3.8) is 0 Å². The van der Waals surface area contributed by atoms with Gasteiger partial charge in [0.1, 0.15) is 0 Å². The molecule has 0 aromatic carbocycles. The summed E-state index contributed by atoms with van der Waals surface area (Å²) in [6.45, 7) is 11.3. The zero-order valence-corrected chi connectivity index (χ0v) is 9.55. The first-order chi connectivity index (χ1) is 4.63. The summed E-state index contributed by atoms with van der Waals surface area (Å²) in [6.07, 6.45) is 0. The maximum atomic E-state index is 2.52. The molecule has 0 aliphatic rings. The van der Waals surface area contributed by atoms with Crippen molar-refractivity contribution in [3.8, 4) is 0 Å². The smallest absolute Gasteiger partial charge is 0.0641 e. The van der Waals surface area contributed by atoms with Crippen LogP contribution in [0.4, 0.5) is 0 Å². The summed E-state index contributed by atoms with van der Waals surface area (Å²) in [4.78, 5) is 2.48. The van der Waals surface area contributed by atoms with Crippen LogP contribution in [0.3, 0.4) is 0 Å². The molecular formula is C8H18IN. The molecule has 0 saturated heterocycles. The van der Waals surface area contributed by atoms with Crippen molar-refractivity contribution in [2.75, 3.05) is 13.1 Å². The van der Waals surface area contributed by atoms with Crippen LogP contribution in [0.25, 0.3) is 0 Å². The SMILES string of the molecule is CCN(CC)C(I)C(C)C. The van der Waals surface area contributed by atoms with E-state index in [4.69, 9.17) is 0 Å². The second-order valence-electron chi connectivity index (χ2n) is 2.84. The molecule has 0 spiro atoms. The Morgan fingerprint density at radius 3 is 1.70 bits per heavy atom. The van der Waals surface area contributed by atoms with Gasteiger partial charge in [0.05, 0.1) is 4.05 Å². The Bertz CT molecular complexity index is 79.3. The second-order valence-corrected chi connectivity index (χ2v) is 4.11. The van der Waals surface area contributed by atoms with Crippen LogP contribution in [0.5, 0.6) is 0 Å². The van der Waals surface area contributed by atoms with Crippen molar-refractivity contribution in [1.29, 1.82) is 0 Å². The van der Waals surface area contributed by atoms with Gasteiger partial charge in [-0.05, 0) is 19.0 Å². The molecule has 0 bridgehead atoms. The number of hydrogen-bond acceptors (Lipinski definition) is 1. The standard InChI is InChI=1S/C8H18IN/c1-5-10(6-2)8(9)7(3)4/h7-8H,5-6H2,1-4H3. The molecule has 0 rings (SSSR count). The molecule has 0 aliphatic heterocycles. The van der Waals surface area contributed by atoms with Gasteiger partial charge in [-0.1, -0.05) is 50.3 Å². The Morgan fingerprint density at radius 1 is 1.20 bits per heavy atom. The van der Waals surface area contributed by atoms with Crippen LogP contribution in [-0.4, -0.2) is 22.0 Å². The zero-order valence-electron chi connectivity index (χ0n) is 7.39. The first kappa shape index (κ1) is 10.7. The average Bonchev–Trinajstić information content (AvgIpc) is 1.90. The molecule has 62 valence electrons. The summed E-state index contributed by atoms with van der Waals surface area (Å²) in [5.41, 5.74) is 0. The Kier molecular flexibility index (Phi) is 5.72. The molecular weight excluding hydrogens is 237 g/mol. The first-order valence-corrected chi connectivity index (χ1v) is 5.26. The minimum Gasteiger partial charge on any atom is -0.292 e. The largest absolute Gasteiger partial charge is 0.292 e. The molecule has 0 aromatic rings. The number of nitrogens with zero attached hydrogens (tertiary/aromatic N) is 1.